The Hall–Kier alpha value is -0.980. The van der Waals surface area contributed by atoms with E-state index < -0.39 is 15.8 Å². The fraction of sp³-hybridized carbons (Fsp3) is 0.500. The van der Waals surface area contributed by atoms with Crippen LogP contribution >= 0.6 is 0 Å². The molecule has 1 aliphatic rings. The SMILES string of the molecule is Cc1ccc(S(=O)(=O)NCC2CCCN2)cc1F. The zero-order chi connectivity index (χ0) is 13.2. The highest BCUT2D eigenvalue weighted by Crippen LogP contribution is 2.14. The van der Waals surface area contributed by atoms with Crippen LogP contribution in [0.1, 0.15) is 18.4 Å². The van der Waals surface area contributed by atoms with Gasteiger partial charge < -0.3 is 5.32 Å². The lowest BCUT2D eigenvalue weighted by Gasteiger charge is -2.12. The van der Waals surface area contributed by atoms with E-state index in [1.807, 2.05) is 0 Å². The van der Waals surface area contributed by atoms with Gasteiger partial charge in [0.05, 0.1) is 4.90 Å². The fourth-order valence-corrected chi connectivity index (χ4v) is 3.06. The van der Waals surface area contributed by atoms with Crippen molar-refractivity contribution in [1.82, 2.24) is 10.0 Å². The Bertz CT molecular complexity index is 525. The topological polar surface area (TPSA) is 58.2 Å². The van der Waals surface area contributed by atoms with Gasteiger partial charge in [-0.05, 0) is 44.0 Å². The molecule has 18 heavy (non-hydrogen) atoms. The molecule has 0 saturated carbocycles. The molecule has 1 aromatic carbocycles. The molecule has 0 aromatic heterocycles. The van der Waals surface area contributed by atoms with Gasteiger partial charge in [0, 0.05) is 12.6 Å². The largest absolute Gasteiger partial charge is 0.313 e. The Morgan fingerprint density at radius 2 is 2.28 bits per heavy atom. The van der Waals surface area contributed by atoms with Crippen molar-refractivity contribution < 1.29 is 12.8 Å². The van der Waals surface area contributed by atoms with Crippen molar-refractivity contribution in [2.75, 3.05) is 13.1 Å². The van der Waals surface area contributed by atoms with Gasteiger partial charge in [-0.15, -0.1) is 0 Å². The maximum absolute atomic E-state index is 13.3. The Morgan fingerprint density at radius 1 is 1.50 bits per heavy atom. The molecule has 0 aliphatic carbocycles. The summed E-state index contributed by atoms with van der Waals surface area (Å²) in [6.45, 7) is 2.87. The summed E-state index contributed by atoms with van der Waals surface area (Å²) in [5.74, 6) is -0.503. The molecule has 2 rings (SSSR count). The first-order chi connectivity index (χ1) is 8.49. The Balaban J connectivity index is 2.07. The summed E-state index contributed by atoms with van der Waals surface area (Å²) >= 11 is 0. The quantitative estimate of drug-likeness (QED) is 0.865. The summed E-state index contributed by atoms with van der Waals surface area (Å²) in [6.07, 6.45) is 2.02. The van der Waals surface area contributed by atoms with E-state index in [4.69, 9.17) is 0 Å². The average molecular weight is 272 g/mol. The van der Waals surface area contributed by atoms with Crippen LogP contribution < -0.4 is 10.0 Å². The molecule has 0 radical (unpaired) electrons. The third-order valence-electron chi connectivity index (χ3n) is 3.14. The highest BCUT2D eigenvalue weighted by molar-refractivity contribution is 7.89. The maximum Gasteiger partial charge on any atom is 0.240 e. The number of nitrogens with one attached hydrogen (secondary N) is 2. The van der Waals surface area contributed by atoms with Crippen molar-refractivity contribution in [3.63, 3.8) is 0 Å². The molecule has 1 atom stereocenters. The van der Waals surface area contributed by atoms with Crippen molar-refractivity contribution >= 4 is 10.0 Å². The van der Waals surface area contributed by atoms with E-state index in [1.165, 1.54) is 12.1 Å². The number of rotatable bonds is 4. The minimum Gasteiger partial charge on any atom is -0.313 e. The molecule has 0 spiro atoms. The molecular weight excluding hydrogens is 255 g/mol. The lowest BCUT2D eigenvalue weighted by molar-refractivity contribution is 0.550. The maximum atomic E-state index is 13.3. The van der Waals surface area contributed by atoms with Gasteiger partial charge >= 0.3 is 0 Å². The number of hydrogen-bond acceptors (Lipinski definition) is 3. The summed E-state index contributed by atoms with van der Waals surface area (Å²) in [7, 11) is -3.62. The number of hydrogen-bond donors (Lipinski definition) is 2. The summed E-state index contributed by atoms with van der Waals surface area (Å²) in [6, 6.07) is 4.12. The summed E-state index contributed by atoms with van der Waals surface area (Å²) in [5.41, 5.74) is 0.436. The predicted octanol–water partition coefficient (Wildman–Crippen LogP) is 1.16. The van der Waals surface area contributed by atoms with Crippen molar-refractivity contribution in [3.8, 4) is 0 Å². The second-order valence-corrected chi connectivity index (χ2v) is 6.32. The molecule has 1 aromatic rings. The first kappa shape index (κ1) is 13.5. The normalized spacial score (nSPS) is 20.2. The van der Waals surface area contributed by atoms with E-state index in [-0.39, 0.29) is 10.9 Å². The van der Waals surface area contributed by atoms with Crippen LogP contribution in [0.15, 0.2) is 23.1 Å². The van der Waals surface area contributed by atoms with Crippen LogP contribution in [-0.2, 0) is 10.0 Å². The van der Waals surface area contributed by atoms with E-state index >= 15 is 0 Å². The second kappa shape index (κ2) is 5.34. The van der Waals surface area contributed by atoms with Gasteiger partial charge in [0.15, 0.2) is 0 Å². The summed E-state index contributed by atoms with van der Waals surface area (Å²) < 4.78 is 39.7. The Kier molecular flexibility index (Phi) is 3.99. The van der Waals surface area contributed by atoms with E-state index in [0.717, 1.165) is 25.5 Å². The van der Waals surface area contributed by atoms with E-state index in [2.05, 4.69) is 10.0 Å². The Morgan fingerprint density at radius 3 is 2.89 bits per heavy atom. The predicted molar refractivity (Wildman–Crippen MR) is 67.4 cm³/mol. The number of halogens is 1. The first-order valence-electron chi connectivity index (χ1n) is 5.98. The molecule has 1 unspecified atom stereocenters. The lowest BCUT2D eigenvalue weighted by atomic mass is 10.2. The van der Waals surface area contributed by atoms with Crippen LogP contribution in [0.2, 0.25) is 0 Å². The van der Waals surface area contributed by atoms with Gasteiger partial charge in [-0.25, -0.2) is 17.5 Å². The van der Waals surface area contributed by atoms with Gasteiger partial charge in [0.2, 0.25) is 10.0 Å². The van der Waals surface area contributed by atoms with Crippen LogP contribution in [0.5, 0.6) is 0 Å². The van der Waals surface area contributed by atoms with Crippen molar-refractivity contribution in [2.45, 2.75) is 30.7 Å². The van der Waals surface area contributed by atoms with Crippen LogP contribution in [0.25, 0.3) is 0 Å². The van der Waals surface area contributed by atoms with Crippen LogP contribution in [0, 0.1) is 12.7 Å². The third kappa shape index (κ3) is 3.07. The summed E-state index contributed by atoms with van der Waals surface area (Å²) in [4.78, 5) is -0.0244. The molecule has 6 heteroatoms. The van der Waals surface area contributed by atoms with E-state index in [0.29, 0.717) is 12.1 Å². The molecule has 1 aliphatic heterocycles. The third-order valence-corrected chi connectivity index (χ3v) is 4.56. The molecule has 0 amide bonds. The monoisotopic (exact) mass is 272 g/mol. The second-order valence-electron chi connectivity index (χ2n) is 4.56. The Labute approximate surface area is 107 Å². The molecular formula is C12H17FN2O2S. The molecule has 2 N–H and O–H groups in total. The van der Waals surface area contributed by atoms with Crippen LogP contribution in [-0.4, -0.2) is 27.5 Å². The van der Waals surface area contributed by atoms with Gasteiger partial charge in [-0.2, -0.15) is 0 Å². The van der Waals surface area contributed by atoms with Gasteiger partial charge in [-0.3, -0.25) is 0 Å². The van der Waals surface area contributed by atoms with Crippen molar-refractivity contribution in [3.05, 3.63) is 29.6 Å². The average Bonchev–Trinajstić information content (AvgIpc) is 2.83. The number of aryl methyl sites for hydroxylation is 1. The van der Waals surface area contributed by atoms with Crippen molar-refractivity contribution in [1.29, 1.82) is 0 Å². The molecule has 1 saturated heterocycles. The van der Waals surface area contributed by atoms with Gasteiger partial charge in [0.1, 0.15) is 5.82 Å². The van der Waals surface area contributed by atoms with Crippen molar-refractivity contribution in [2.24, 2.45) is 0 Å². The molecule has 1 heterocycles. The number of benzene rings is 1. The van der Waals surface area contributed by atoms with Gasteiger partial charge in [0.25, 0.3) is 0 Å². The highest BCUT2D eigenvalue weighted by atomic mass is 32.2. The van der Waals surface area contributed by atoms with E-state index in [1.54, 1.807) is 6.92 Å². The number of sulfonamides is 1. The zero-order valence-corrected chi connectivity index (χ0v) is 11.1. The van der Waals surface area contributed by atoms with E-state index in [9.17, 15) is 12.8 Å². The minimum atomic E-state index is -3.62. The smallest absolute Gasteiger partial charge is 0.240 e. The van der Waals surface area contributed by atoms with Crippen LogP contribution in [0.4, 0.5) is 4.39 Å². The standard InChI is InChI=1S/C12H17FN2O2S/c1-9-4-5-11(7-12(9)13)18(16,17)15-8-10-3-2-6-14-10/h4-5,7,10,14-15H,2-3,6,8H2,1H3. The van der Waals surface area contributed by atoms with Gasteiger partial charge in [-0.1, -0.05) is 6.07 Å². The fourth-order valence-electron chi connectivity index (χ4n) is 1.97. The molecule has 1 fully saturated rings. The molecule has 100 valence electrons. The minimum absolute atomic E-state index is 0.0244. The summed E-state index contributed by atoms with van der Waals surface area (Å²) in [5, 5.41) is 3.20. The lowest BCUT2D eigenvalue weighted by Crippen LogP contribution is -2.37. The molecule has 4 nitrogen and oxygen atoms in total. The van der Waals surface area contributed by atoms with Crippen LogP contribution in [0.3, 0.4) is 0 Å². The molecule has 0 bridgehead atoms. The zero-order valence-electron chi connectivity index (χ0n) is 10.2. The highest BCUT2D eigenvalue weighted by Gasteiger charge is 2.19. The first-order valence-corrected chi connectivity index (χ1v) is 7.46.